The fraction of sp³-hybridized carbons (Fsp3) is 0.429. The van der Waals surface area contributed by atoms with E-state index < -0.39 is 0 Å². The lowest BCUT2D eigenvalue weighted by atomic mass is 10.3. The Morgan fingerprint density at radius 2 is 1.81 bits per heavy atom. The van der Waals surface area contributed by atoms with E-state index in [0.717, 1.165) is 44.5 Å². The lowest BCUT2D eigenvalue weighted by Crippen LogP contribution is -2.53. The molecular formula is C21H27N5S. The van der Waals surface area contributed by atoms with Crippen LogP contribution < -0.4 is 10.2 Å². The number of rotatable bonds is 5. The number of nitrogens with one attached hydrogen (secondary N) is 1. The van der Waals surface area contributed by atoms with E-state index in [0.29, 0.717) is 4.75 Å². The minimum atomic E-state index is 0.326. The van der Waals surface area contributed by atoms with E-state index in [9.17, 15) is 0 Å². The van der Waals surface area contributed by atoms with Crippen molar-refractivity contribution in [2.24, 2.45) is 4.99 Å². The summed E-state index contributed by atoms with van der Waals surface area (Å²) in [5.74, 6) is 2.09. The van der Waals surface area contributed by atoms with Crippen molar-refractivity contribution < 1.29 is 0 Å². The standard InChI is InChI=1S/C21H27N5S/c1-22-20(24-17-21(10-11-21)27-18-7-3-2-4-8-18)26-15-13-25(14-16-26)19-9-5-6-12-23-19/h2-9,12H,10-11,13-17H2,1H3,(H,22,24). The number of thioether (sulfide) groups is 1. The van der Waals surface area contributed by atoms with Crippen LogP contribution in [0.5, 0.6) is 0 Å². The highest BCUT2D eigenvalue weighted by atomic mass is 32.2. The van der Waals surface area contributed by atoms with Gasteiger partial charge < -0.3 is 15.1 Å². The van der Waals surface area contributed by atoms with Crippen molar-refractivity contribution in [2.45, 2.75) is 22.5 Å². The summed E-state index contributed by atoms with van der Waals surface area (Å²) in [6.07, 6.45) is 4.40. The molecule has 0 bridgehead atoms. The second kappa shape index (κ2) is 8.21. The van der Waals surface area contributed by atoms with Crippen LogP contribution in [0.25, 0.3) is 0 Å². The maximum atomic E-state index is 4.54. The second-order valence-corrected chi connectivity index (χ2v) is 8.70. The lowest BCUT2D eigenvalue weighted by molar-refractivity contribution is 0.371. The van der Waals surface area contributed by atoms with Crippen molar-refractivity contribution in [3.8, 4) is 0 Å². The van der Waals surface area contributed by atoms with Gasteiger partial charge in [-0.3, -0.25) is 4.99 Å². The molecule has 1 aromatic heterocycles. The summed E-state index contributed by atoms with van der Waals surface area (Å²) in [6.45, 7) is 4.85. The average Bonchev–Trinajstić information content (AvgIpc) is 3.50. The van der Waals surface area contributed by atoms with Crippen LogP contribution in [-0.2, 0) is 0 Å². The molecule has 5 nitrogen and oxygen atoms in total. The molecule has 1 N–H and O–H groups in total. The van der Waals surface area contributed by atoms with E-state index in [1.807, 2.05) is 31.1 Å². The third kappa shape index (κ3) is 4.56. The third-order valence-corrected chi connectivity index (χ3v) is 6.71. The topological polar surface area (TPSA) is 43.8 Å². The predicted molar refractivity (Wildman–Crippen MR) is 114 cm³/mol. The molecule has 4 rings (SSSR count). The highest BCUT2D eigenvalue weighted by molar-refractivity contribution is 8.01. The summed E-state index contributed by atoms with van der Waals surface area (Å²) in [7, 11) is 1.89. The maximum absolute atomic E-state index is 4.54. The maximum Gasteiger partial charge on any atom is 0.193 e. The molecule has 1 aliphatic carbocycles. The van der Waals surface area contributed by atoms with Crippen molar-refractivity contribution in [3.63, 3.8) is 0 Å². The van der Waals surface area contributed by atoms with Crippen LogP contribution in [0.3, 0.4) is 0 Å². The fourth-order valence-corrected chi connectivity index (χ4v) is 4.70. The molecule has 0 unspecified atom stereocenters. The zero-order valence-electron chi connectivity index (χ0n) is 15.8. The van der Waals surface area contributed by atoms with E-state index in [1.165, 1.54) is 17.7 Å². The molecule has 1 saturated carbocycles. The Morgan fingerprint density at radius 3 is 2.44 bits per heavy atom. The highest BCUT2D eigenvalue weighted by Gasteiger charge is 2.44. The van der Waals surface area contributed by atoms with E-state index in [2.05, 4.69) is 67.6 Å². The van der Waals surface area contributed by atoms with Crippen LogP contribution in [0.1, 0.15) is 12.8 Å². The van der Waals surface area contributed by atoms with Crippen molar-refractivity contribution >= 4 is 23.5 Å². The van der Waals surface area contributed by atoms with Gasteiger partial charge in [-0.1, -0.05) is 24.3 Å². The van der Waals surface area contributed by atoms with Crippen molar-refractivity contribution in [1.82, 2.24) is 15.2 Å². The molecule has 2 heterocycles. The molecule has 27 heavy (non-hydrogen) atoms. The molecule has 142 valence electrons. The Kier molecular flexibility index (Phi) is 5.53. The number of aliphatic imine (C=N–C) groups is 1. The van der Waals surface area contributed by atoms with Gasteiger partial charge in [-0.15, -0.1) is 11.8 Å². The Hall–Kier alpha value is -2.21. The van der Waals surface area contributed by atoms with E-state index in [-0.39, 0.29) is 0 Å². The zero-order chi connectivity index (χ0) is 18.5. The first-order valence-corrected chi connectivity index (χ1v) is 10.5. The molecule has 2 aliphatic rings. The Morgan fingerprint density at radius 1 is 1.07 bits per heavy atom. The molecule has 1 aliphatic heterocycles. The molecule has 1 aromatic carbocycles. The van der Waals surface area contributed by atoms with Gasteiger partial charge in [-0.2, -0.15) is 0 Å². The first kappa shape index (κ1) is 18.2. The molecule has 6 heteroatoms. The fourth-order valence-electron chi connectivity index (χ4n) is 3.45. The molecule has 0 amide bonds. The SMILES string of the molecule is CN=C(NCC1(Sc2ccccc2)CC1)N1CCN(c2ccccn2)CC1. The van der Waals surface area contributed by atoms with Gasteiger partial charge in [-0.05, 0) is 37.1 Å². The molecular weight excluding hydrogens is 354 g/mol. The Balaban J connectivity index is 1.29. The third-order valence-electron chi connectivity index (χ3n) is 5.22. The summed E-state index contributed by atoms with van der Waals surface area (Å²) in [5.41, 5.74) is 0. The molecule has 1 saturated heterocycles. The first-order chi connectivity index (χ1) is 13.3. The minimum absolute atomic E-state index is 0.326. The normalized spacial score (nSPS) is 19.1. The minimum Gasteiger partial charge on any atom is -0.355 e. The smallest absolute Gasteiger partial charge is 0.193 e. The van der Waals surface area contributed by atoms with Crippen molar-refractivity contribution in [2.75, 3.05) is 44.7 Å². The summed E-state index contributed by atoms with van der Waals surface area (Å²) in [4.78, 5) is 15.1. The second-order valence-electron chi connectivity index (χ2n) is 7.16. The number of pyridine rings is 1. The number of nitrogens with zero attached hydrogens (tertiary/aromatic N) is 4. The zero-order valence-corrected chi connectivity index (χ0v) is 16.7. The van der Waals surface area contributed by atoms with Crippen LogP contribution in [0, 0.1) is 0 Å². The lowest BCUT2D eigenvalue weighted by Gasteiger charge is -2.37. The quantitative estimate of drug-likeness (QED) is 0.637. The van der Waals surface area contributed by atoms with Gasteiger partial charge in [-0.25, -0.2) is 4.98 Å². The molecule has 0 radical (unpaired) electrons. The van der Waals surface area contributed by atoms with Gasteiger partial charge in [0.2, 0.25) is 0 Å². The first-order valence-electron chi connectivity index (χ1n) is 9.64. The number of anilines is 1. The summed E-state index contributed by atoms with van der Waals surface area (Å²) in [5, 5.41) is 3.64. The Bertz CT molecular complexity index is 753. The predicted octanol–water partition coefficient (Wildman–Crippen LogP) is 3.10. The van der Waals surface area contributed by atoms with Gasteiger partial charge in [0.15, 0.2) is 5.96 Å². The molecule has 2 aromatic rings. The largest absolute Gasteiger partial charge is 0.355 e. The molecule has 0 spiro atoms. The number of hydrogen-bond donors (Lipinski definition) is 1. The summed E-state index contributed by atoms with van der Waals surface area (Å²) >= 11 is 2.00. The summed E-state index contributed by atoms with van der Waals surface area (Å²) < 4.78 is 0.326. The highest BCUT2D eigenvalue weighted by Crippen LogP contribution is 2.51. The van der Waals surface area contributed by atoms with Crippen molar-refractivity contribution in [1.29, 1.82) is 0 Å². The van der Waals surface area contributed by atoms with Gasteiger partial charge in [0.05, 0.1) is 0 Å². The van der Waals surface area contributed by atoms with E-state index in [1.54, 1.807) is 0 Å². The number of guanidine groups is 1. The number of hydrogen-bond acceptors (Lipinski definition) is 4. The van der Waals surface area contributed by atoms with Gasteiger partial charge >= 0.3 is 0 Å². The number of benzene rings is 1. The van der Waals surface area contributed by atoms with Crippen LogP contribution in [0.4, 0.5) is 5.82 Å². The number of aromatic nitrogens is 1. The van der Waals surface area contributed by atoms with E-state index in [4.69, 9.17) is 0 Å². The van der Waals surface area contributed by atoms with Crippen molar-refractivity contribution in [3.05, 3.63) is 54.7 Å². The average molecular weight is 382 g/mol. The molecule has 2 fully saturated rings. The Labute approximate surface area is 165 Å². The number of piperazine rings is 1. The van der Waals surface area contributed by atoms with Crippen LogP contribution in [-0.4, -0.2) is 60.4 Å². The van der Waals surface area contributed by atoms with Gasteiger partial charge in [0, 0.05) is 55.6 Å². The van der Waals surface area contributed by atoms with Gasteiger partial charge in [0.1, 0.15) is 5.82 Å². The summed E-state index contributed by atoms with van der Waals surface area (Å²) in [6, 6.07) is 16.8. The monoisotopic (exact) mass is 381 g/mol. The van der Waals surface area contributed by atoms with Crippen LogP contribution >= 0.6 is 11.8 Å². The molecule has 0 atom stereocenters. The van der Waals surface area contributed by atoms with Crippen LogP contribution in [0.15, 0.2) is 64.6 Å². The van der Waals surface area contributed by atoms with Crippen LogP contribution in [0.2, 0.25) is 0 Å². The van der Waals surface area contributed by atoms with Gasteiger partial charge in [0.25, 0.3) is 0 Å². The van der Waals surface area contributed by atoms with E-state index >= 15 is 0 Å².